The molecule has 24 heavy (non-hydrogen) atoms. The minimum atomic E-state index is -0.654. The molecule has 0 spiro atoms. The van der Waals surface area contributed by atoms with Crippen LogP contribution in [0.25, 0.3) is 5.76 Å². The second-order valence-corrected chi connectivity index (χ2v) is 7.07. The van der Waals surface area contributed by atoms with Crippen LogP contribution in [-0.2, 0) is 9.59 Å². The summed E-state index contributed by atoms with van der Waals surface area (Å²) in [6.07, 6.45) is 0. The number of halogens is 1. The number of nitrogens with zero attached hydrogens (tertiary/aromatic N) is 1. The van der Waals surface area contributed by atoms with Crippen molar-refractivity contribution >= 4 is 40.0 Å². The van der Waals surface area contributed by atoms with Crippen LogP contribution in [0.5, 0.6) is 0 Å². The fraction of sp³-hybridized carbons (Fsp3) is 0.158. The average Bonchev–Trinajstić information content (AvgIpc) is 2.80. The monoisotopic (exact) mass is 433 g/mol. The number of carbonyl (C=O) groups is 2. The zero-order valence-electron chi connectivity index (χ0n) is 13.3. The van der Waals surface area contributed by atoms with E-state index in [1.165, 1.54) is 4.90 Å². The number of ketones is 1. The molecule has 1 amide bonds. The molecule has 0 bridgehead atoms. The van der Waals surface area contributed by atoms with Crippen LogP contribution in [0.2, 0.25) is 0 Å². The number of aliphatic hydroxyl groups is 1. The summed E-state index contributed by atoms with van der Waals surface area (Å²) in [5.41, 5.74) is 2.51. The van der Waals surface area contributed by atoms with Crippen molar-refractivity contribution in [3.05, 3.63) is 74.4 Å². The first-order valence-electron chi connectivity index (χ1n) is 7.47. The highest BCUT2D eigenvalue weighted by atomic mass is 127. The molecular weight excluding hydrogens is 417 g/mol. The number of aryl methyl sites for hydroxylation is 1. The predicted octanol–water partition coefficient (Wildman–Crippen LogP) is 3.65. The Morgan fingerprint density at radius 2 is 1.62 bits per heavy atom. The standard InChI is InChI=1S/C19H16INO3/c1-11-3-5-13(6-4-11)17(22)15-16(21(2)19(24)18(15)23)12-7-9-14(20)10-8-12/h3-10,16,22H,1-2H3. The fourth-order valence-corrected chi connectivity index (χ4v) is 3.21. The first-order chi connectivity index (χ1) is 11.4. The first kappa shape index (κ1) is 16.7. The number of aliphatic hydroxyl groups excluding tert-OH is 1. The van der Waals surface area contributed by atoms with E-state index in [1.807, 2.05) is 43.3 Å². The van der Waals surface area contributed by atoms with Crippen LogP contribution in [-0.4, -0.2) is 28.7 Å². The molecule has 1 heterocycles. The van der Waals surface area contributed by atoms with E-state index < -0.39 is 17.7 Å². The zero-order chi connectivity index (χ0) is 17.4. The maximum atomic E-state index is 12.4. The molecule has 0 radical (unpaired) electrons. The lowest BCUT2D eigenvalue weighted by molar-refractivity contribution is -0.139. The molecule has 5 heteroatoms. The molecule has 122 valence electrons. The Hall–Kier alpha value is -2.15. The average molecular weight is 433 g/mol. The quantitative estimate of drug-likeness (QED) is 0.341. The van der Waals surface area contributed by atoms with Gasteiger partial charge in [-0.05, 0) is 47.2 Å². The molecule has 1 aliphatic rings. The molecule has 2 aromatic carbocycles. The van der Waals surface area contributed by atoms with E-state index in [0.29, 0.717) is 5.56 Å². The van der Waals surface area contributed by atoms with Crippen LogP contribution in [0.15, 0.2) is 54.1 Å². The number of amides is 1. The van der Waals surface area contributed by atoms with Gasteiger partial charge in [0, 0.05) is 16.2 Å². The molecule has 3 rings (SSSR count). The number of benzene rings is 2. The van der Waals surface area contributed by atoms with Crippen LogP contribution in [0.4, 0.5) is 0 Å². The molecule has 0 aliphatic carbocycles. The molecule has 1 fully saturated rings. The lowest BCUT2D eigenvalue weighted by atomic mass is 9.95. The maximum absolute atomic E-state index is 12.4. The highest BCUT2D eigenvalue weighted by molar-refractivity contribution is 14.1. The molecule has 1 atom stereocenters. The van der Waals surface area contributed by atoms with Gasteiger partial charge in [-0.1, -0.05) is 42.0 Å². The van der Waals surface area contributed by atoms with Crippen LogP contribution in [0, 0.1) is 10.5 Å². The fourth-order valence-electron chi connectivity index (χ4n) is 2.85. The highest BCUT2D eigenvalue weighted by Gasteiger charge is 2.44. The summed E-state index contributed by atoms with van der Waals surface area (Å²) in [5, 5.41) is 10.7. The Labute approximate surface area is 153 Å². The molecule has 1 unspecified atom stereocenters. The van der Waals surface area contributed by atoms with E-state index in [2.05, 4.69) is 22.6 Å². The third kappa shape index (κ3) is 2.84. The molecule has 1 saturated heterocycles. The first-order valence-corrected chi connectivity index (χ1v) is 8.55. The highest BCUT2D eigenvalue weighted by Crippen LogP contribution is 2.38. The van der Waals surface area contributed by atoms with Crippen LogP contribution in [0.1, 0.15) is 22.7 Å². The summed E-state index contributed by atoms with van der Waals surface area (Å²) in [7, 11) is 1.58. The van der Waals surface area contributed by atoms with Crippen molar-refractivity contribution in [2.75, 3.05) is 7.05 Å². The number of carbonyl (C=O) groups excluding carboxylic acids is 2. The minimum absolute atomic E-state index is 0.132. The van der Waals surface area contributed by atoms with Crippen molar-refractivity contribution in [3.63, 3.8) is 0 Å². The van der Waals surface area contributed by atoms with Gasteiger partial charge in [-0.2, -0.15) is 0 Å². The molecular formula is C19H16INO3. The second-order valence-electron chi connectivity index (χ2n) is 5.83. The van der Waals surface area contributed by atoms with Crippen molar-refractivity contribution in [2.45, 2.75) is 13.0 Å². The molecule has 1 N–H and O–H groups in total. The minimum Gasteiger partial charge on any atom is -0.507 e. The number of likely N-dealkylation sites (tertiary alicyclic amines) is 1. The lowest BCUT2D eigenvalue weighted by Gasteiger charge is -2.21. The van der Waals surface area contributed by atoms with Gasteiger partial charge >= 0.3 is 0 Å². The normalized spacial score (nSPS) is 19.8. The largest absolute Gasteiger partial charge is 0.507 e. The Kier molecular flexibility index (Phi) is 4.45. The second kappa shape index (κ2) is 6.39. The van der Waals surface area contributed by atoms with Crippen molar-refractivity contribution in [2.24, 2.45) is 0 Å². The van der Waals surface area contributed by atoms with Crippen LogP contribution >= 0.6 is 22.6 Å². The molecule has 4 nitrogen and oxygen atoms in total. The van der Waals surface area contributed by atoms with E-state index in [0.717, 1.165) is 14.7 Å². The van der Waals surface area contributed by atoms with Gasteiger partial charge in [0.25, 0.3) is 11.7 Å². The Morgan fingerprint density at radius 1 is 1.04 bits per heavy atom. The van der Waals surface area contributed by atoms with Crippen LogP contribution < -0.4 is 0 Å². The van der Waals surface area contributed by atoms with E-state index in [-0.39, 0.29) is 11.3 Å². The van der Waals surface area contributed by atoms with Crippen molar-refractivity contribution < 1.29 is 14.7 Å². The predicted molar refractivity (Wildman–Crippen MR) is 100 cm³/mol. The summed E-state index contributed by atoms with van der Waals surface area (Å²) in [6.45, 7) is 1.94. The number of Topliss-reactive ketones (excluding diaryl/α,β-unsaturated/α-hetero) is 1. The summed E-state index contributed by atoms with van der Waals surface area (Å²) in [4.78, 5) is 26.0. The maximum Gasteiger partial charge on any atom is 0.295 e. The van der Waals surface area contributed by atoms with Gasteiger partial charge in [0.2, 0.25) is 0 Å². The Bertz CT molecular complexity index is 838. The van der Waals surface area contributed by atoms with Gasteiger partial charge in [-0.25, -0.2) is 0 Å². The van der Waals surface area contributed by atoms with Gasteiger partial charge in [0.05, 0.1) is 11.6 Å². The smallest absolute Gasteiger partial charge is 0.295 e. The summed E-state index contributed by atoms with van der Waals surface area (Å²) in [5.74, 6) is -1.40. The third-order valence-electron chi connectivity index (χ3n) is 4.19. The topological polar surface area (TPSA) is 57.6 Å². The summed E-state index contributed by atoms with van der Waals surface area (Å²) in [6, 6.07) is 14.2. The van der Waals surface area contributed by atoms with E-state index in [4.69, 9.17) is 0 Å². The molecule has 0 aromatic heterocycles. The van der Waals surface area contributed by atoms with Gasteiger partial charge in [-0.3, -0.25) is 9.59 Å². The van der Waals surface area contributed by atoms with E-state index in [1.54, 1.807) is 19.2 Å². The molecule has 1 aliphatic heterocycles. The molecule has 2 aromatic rings. The zero-order valence-corrected chi connectivity index (χ0v) is 15.4. The van der Waals surface area contributed by atoms with Gasteiger partial charge in [0.1, 0.15) is 5.76 Å². The van der Waals surface area contributed by atoms with Crippen molar-refractivity contribution in [1.29, 1.82) is 0 Å². The Balaban J connectivity index is 2.16. The number of hydrogen-bond donors (Lipinski definition) is 1. The van der Waals surface area contributed by atoms with Gasteiger partial charge < -0.3 is 10.0 Å². The van der Waals surface area contributed by atoms with Crippen molar-refractivity contribution in [3.8, 4) is 0 Å². The molecule has 0 saturated carbocycles. The number of likely N-dealkylation sites (N-methyl/N-ethyl adjacent to an activating group) is 1. The van der Waals surface area contributed by atoms with Crippen molar-refractivity contribution in [1.82, 2.24) is 4.90 Å². The van der Waals surface area contributed by atoms with E-state index >= 15 is 0 Å². The lowest BCUT2D eigenvalue weighted by Crippen LogP contribution is -2.24. The van der Waals surface area contributed by atoms with Crippen LogP contribution in [0.3, 0.4) is 0 Å². The summed E-state index contributed by atoms with van der Waals surface area (Å²) < 4.78 is 1.06. The number of rotatable bonds is 2. The number of hydrogen-bond acceptors (Lipinski definition) is 3. The Morgan fingerprint density at radius 3 is 2.21 bits per heavy atom. The summed E-state index contributed by atoms with van der Waals surface area (Å²) >= 11 is 2.20. The van der Waals surface area contributed by atoms with Gasteiger partial charge in [-0.15, -0.1) is 0 Å². The SMILES string of the molecule is Cc1ccc(C(O)=C2C(=O)C(=O)N(C)C2c2ccc(I)cc2)cc1. The van der Waals surface area contributed by atoms with E-state index in [9.17, 15) is 14.7 Å². The third-order valence-corrected chi connectivity index (χ3v) is 4.90. The van der Waals surface area contributed by atoms with Gasteiger partial charge in [0.15, 0.2) is 0 Å².